The maximum Gasteiger partial charge on any atom is 0.303 e. The number of hydrogen-bond acceptors (Lipinski definition) is 5. The Bertz CT molecular complexity index is 868. The minimum Gasteiger partial charge on any atom is -0.510 e. The predicted molar refractivity (Wildman–Crippen MR) is 92.3 cm³/mol. The average molecular weight is 345 g/mol. The molecule has 3 rings (SSSR count). The van der Waals surface area contributed by atoms with Gasteiger partial charge in [-0.1, -0.05) is 32.1 Å². The molecule has 2 aromatic rings. The molecule has 2 heterocycles. The summed E-state index contributed by atoms with van der Waals surface area (Å²) < 4.78 is 1.34. The van der Waals surface area contributed by atoms with Crippen molar-refractivity contribution in [1.29, 1.82) is 0 Å². The van der Waals surface area contributed by atoms with E-state index < -0.39 is 5.97 Å². The van der Waals surface area contributed by atoms with E-state index in [0.29, 0.717) is 11.6 Å². The Labute approximate surface area is 145 Å². The number of aromatic nitrogens is 3. The molecule has 2 N–H and O–H groups in total. The number of carbonyl (C=O) groups is 1. The number of aryl methyl sites for hydroxylation is 1. The number of aliphatic carboxylic acids is 1. The summed E-state index contributed by atoms with van der Waals surface area (Å²) in [6.45, 7) is 0. The van der Waals surface area contributed by atoms with Gasteiger partial charge < -0.3 is 10.2 Å². The van der Waals surface area contributed by atoms with Crippen LogP contribution in [0.4, 0.5) is 0 Å². The van der Waals surface area contributed by atoms with Gasteiger partial charge in [0.1, 0.15) is 12.1 Å². The molecule has 7 heteroatoms. The molecule has 0 bridgehead atoms. The van der Waals surface area contributed by atoms with Crippen LogP contribution in [0.15, 0.2) is 17.2 Å². The smallest absolute Gasteiger partial charge is 0.303 e. The second-order valence-electron chi connectivity index (χ2n) is 6.76. The van der Waals surface area contributed by atoms with Gasteiger partial charge in [-0.15, -0.1) is 0 Å². The molecule has 25 heavy (non-hydrogen) atoms. The molecule has 0 aliphatic heterocycles. The van der Waals surface area contributed by atoms with Crippen LogP contribution in [0.3, 0.4) is 0 Å². The third-order valence-corrected chi connectivity index (χ3v) is 4.98. The zero-order valence-corrected chi connectivity index (χ0v) is 14.1. The lowest BCUT2D eigenvalue weighted by atomic mass is 9.85. The van der Waals surface area contributed by atoms with Gasteiger partial charge in [-0.05, 0) is 24.8 Å². The Hall–Kier alpha value is -2.44. The summed E-state index contributed by atoms with van der Waals surface area (Å²) in [7, 11) is 0. The summed E-state index contributed by atoms with van der Waals surface area (Å²) in [5.41, 5.74) is 1.05. The predicted octanol–water partition coefficient (Wildman–Crippen LogP) is 1.85. The maximum atomic E-state index is 12.5. The zero-order valence-electron chi connectivity index (χ0n) is 14.1. The number of hydrogen-bond donors (Lipinski definition) is 2. The maximum absolute atomic E-state index is 12.5. The Morgan fingerprint density at radius 1 is 1.20 bits per heavy atom. The summed E-state index contributed by atoms with van der Waals surface area (Å²) in [6.07, 6.45) is 9.15. The third-order valence-electron chi connectivity index (χ3n) is 4.98. The van der Waals surface area contributed by atoms with Gasteiger partial charge in [-0.25, -0.2) is 9.50 Å². The molecule has 0 saturated heterocycles. The monoisotopic (exact) mass is 345 g/mol. The number of carboxylic acid groups (broad SMARTS) is 1. The Balaban J connectivity index is 1.91. The first-order valence-electron chi connectivity index (χ1n) is 8.86. The molecule has 134 valence electrons. The summed E-state index contributed by atoms with van der Waals surface area (Å²) in [6, 6.07) is 1.51. The van der Waals surface area contributed by atoms with E-state index in [0.717, 1.165) is 18.4 Å². The third kappa shape index (κ3) is 3.97. The van der Waals surface area contributed by atoms with Crippen LogP contribution in [0.2, 0.25) is 0 Å². The molecule has 0 unspecified atom stereocenters. The van der Waals surface area contributed by atoms with Gasteiger partial charge in [0.15, 0.2) is 11.0 Å². The van der Waals surface area contributed by atoms with Crippen molar-refractivity contribution in [3.63, 3.8) is 0 Å². The van der Waals surface area contributed by atoms with Crippen LogP contribution < -0.4 is 10.8 Å². The lowest BCUT2D eigenvalue weighted by molar-refractivity contribution is -0.136. The van der Waals surface area contributed by atoms with Crippen LogP contribution in [-0.2, 0) is 11.2 Å². The molecule has 1 aliphatic rings. The molecule has 0 amide bonds. The van der Waals surface area contributed by atoms with Gasteiger partial charge in [0.25, 0.3) is 0 Å². The van der Waals surface area contributed by atoms with Crippen molar-refractivity contribution in [1.82, 2.24) is 14.6 Å². The van der Waals surface area contributed by atoms with E-state index in [1.807, 2.05) is 0 Å². The summed E-state index contributed by atoms with van der Waals surface area (Å²) in [4.78, 5) is 27.4. The number of rotatable bonds is 6. The van der Waals surface area contributed by atoms with E-state index in [-0.39, 0.29) is 29.4 Å². The van der Waals surface area contributed by atoms with Crippen molar-refractivity contribution in [3.05, 3.63) is 33.5 Å². The fourth-order valence-electron chi connectivity index (χ4n) is 3.65. The first kappa shape index (κ1) is 17.4. The summed E-state index contributed by atoms with van der Waals surface area (Å²) in [5.74, 6) is -0.596. The Morgan fingerprint density at radius 2 is 1.96 bits per heavy atom. The van der Waals surface area contributed by atoms with E-state index in [2.05, 4.69) is 10.1 Å². The number of nitrogens with zero attached hydrogens (tertiary/aromatic N) is 3. The highest BCUT2D eigenvalue weighted by Gasteiger charge is 2.16. The van der Waals surface area contributed by atoms with Crippen LogP contribution >= 0.6 is 0 Å². The first-order valence-corrected chi connectivity index (χ1v) is 8.86. The average Bonchev–Trinajstić information content (AvgIpc) is 3.08. The van der Waals surface area contributed by atoms with Crippen molar-refractivity contribution in [2.45, 2.75) is 57.8 Å². The lowest BCUT2D eigenvalue weighted by Gasteiger charge is -2.21. The van der Waals surface area contributed by atoms with Crippen LogP contribution in [0.1, 0.15) is 56.9 Å². The van der Waals surface area contributed by atoms with Gasteiger partial charge in [0, 0.05) is 12.0 Å². The Morgan fingerprint density at radius 3 is 2.68 bits per heavy atom. The van der Waals surface area contributed by atoms with Crippen molar-refractivity contribution in [3.8, 4) is 0 Å². The minimum atomic E-state index is -1.03. The normalized spacial score (nSPS) is 17.0. The van der Waals surface area contributed by atoms with E-state index in [1.54, 1.807) is 0 Å². The molecular formula is C18H23N3O4. The molecule has 2 aromatic heterocycles. The second kappa shape index (κ2) is 7.63. The fraction of sp³-hybridized carbons (Fsp3) is 0.556. The van der Waals surface area contributed by atoms with Gasteiger partial charge in [-0.2, -0.15) is 5.10 Å². The lowest BCUT2D eigenvalue weighted by Crippen LogP contribution is -2.35. The van der Waals surface area contributed by atoms with Gasteiger partial charge >= 0.3 is 5.97 Å². The fourth-order valence-corrected chi connectivity index (χ4v) is 3.65. The summed E-state index contributed by atoms with van der Waals surface area (Å²) in [5, 5.41) is 23.0. The number of fused-ring (bicyclic) bond motifs is 1. The largest absolute Gasteiger partial charge is 0.510 e. The molecule has 0 radical (unpaired) electrons. The highest BCUT2D eigenvalue weighted by molar-refractivity contribution is 5.68. The van der Waals surface area contributed by atoms with Gasteiger partial charge in [0.2, 0.25) is 5.43 Å². The number of aliphatic hydroxyl groups is 1. The molecule has 7 nitrogen and oxygen atoms in total. The molecule has 0 atom stereocenters. The van der Waals surface area contributed by atoms with Gasteiger partial charge in [0.05, 0.1) is 6.42 Å². The van der Waals surface area contributed by atoms with Crippen LogP contribution in [0, 0.1) is 5.92 Å². The van der Waals surface area contributed by atoms with E-state index in [9.17, 15) is 14.7 Å². The van der Waals surface area contributed by atoms with Gasteiger partial charge in [-0.3, -0.25) is 9.59 Å². The first-order chi connectivity index (χ1) is 12.1. The topological polar surface area (TPSA) is 105 Å². The van der Waals surface area contributed by atoms with Crippen LogP contribution in [-0.4, -0.2) is 30.8 Å². The quantitative estimate of drug-likeness (QED) is 0.828. The van der Waals surface area contributed by atoms with Crippen LogP contribution in [0.5, 0.6) is 0 Å². The van der Waals surface area contributed by atoms with Crippen molar-refractivity contribution in [2.24, 2.45) is 5.92 Å². The van der Waals surface area contributed by atoms with Crippen molar-refractivity contribution in [2.75, 3.05) is 0 Å². The molecule has 0 aromatic carbocycles. The minimum absolute atomic E-state index is 0.00941. The number of carboxylic acids is 1. The molecule has 1 aliphatic carbocycles. The van der Waals surface area contributed by atoms with Crippen molar-refractivity contribution < 1.29 is 15.0 Å². The van der Waals surface area contributed by atoms with Crippen molar-refractivity contribution >= 4 is 17.4 Å². The zero-order chi connectivity index (χ0) is 17.8. The summed E-state index contributed by atoms with van der Waals surface area (Å²) >= 11 is 0. The number of aliphatic hydroxyl groups excluding tert-OH is 1. The molecule has 1 fully saturated rings. The molecular weight excluding hydrogens is 322 g/mol. The SMILES string of the molecule is O=C(O)CC/C(O)=c1\c(=O)cc(CCC2CCCCC2)c2ncnn12. The number of pyridine rings is 1. The highest BCUT2D eigenvalue weighted by atomic mass is 16.4. The highest BCUT2D eigenvalue weighted by Crippen LogP contribution is 2.27. The molecule has 1 saturated carbocycles. The van der Waals surface area contributed by atoms with Crippen LogP contribution in [0.25, 0.3) is 11.4 Å². The van der Waals surface area contributed by atoms with E-state index in [1.165, 1.54) is 49.0 Å². The van der Waals surface area contributed by atoms with E-state index >= 15 is 0 Å². The standard InChI is InChI=1S/C18H23N3O4/c22-14(8-9-16(24)25)17-15(23)10-13(18-19-11-20-21(17)18)7-6-12-4-2-1-3-5-12/h10-12,22H,1-9H2,(H,24,25)/b17-14-. The Kier molecular flexibility index (Phi) is 5.31. The van der Waals surface area contributed by atoms with E-state index in [4.69, 9.17) is 5.11 Å². The molecule has 0 spiro atoms. The second-order valence-corrected chi connectivity index (χ2v) is 6.76.